The van der Waals surface area contributed by atoms with Crippen molar-refractivity contribution in [1.82, 2.24) is 19.7 Å². The lowest BCUT2D eigenvalue weighted by atomic mass is 10.0. The Hall–Kier alpha value is -4.67. The van der Waals surface area contributed by atoms with Gasteiger partial charge in [-0.3, -0.25) is 14.9 Å². The molecule has 5 aromatic heterocycles. The van der Waals surface area contributed by atoms with E-state index in [0.29, 0.717) is 28.2 Å². The van der Waals surface area contributed by atoms with Crippen molar-refractivity contribution in [2.75, 3.05) is 22.9 Å². The van der Waals surface area contributed by atoms with Gasteiger partial charge in [0, 0.05) is 67.1 Å². The van der Waals surface area contributed by atoms with E-state index in [1.807, 2.05) is 77.4 Å². The molecule has 6 heterocycles. The van der Waals surface area contributed by atoms with Crippen LogP contribution in [-0.4, -0.2) is 44.9 Å². The van der Waals surface area contributed by atoms with E-state index in [0.717, 1.165) is 53.1 Å². The van der Waals surface area contributed by atoms with Crippen molar-refractivity contribution in [2.24, 2.45) is 0 Å². The number of carbonyl (C=O) groups excluding carboxylic acids is 1. The summed E-state index contributed by atoms with van der Waals surface area (Å²) < 4.78 is 14.5. The maximum absolute atomic E-state index is 14.0. The van der Waals surface area contributed by atoms with E-state index in [2.05, 4.69) is 20.0 Å². The number of aromatic nitrogens is 4. The Morgan fingerprint density at radius 2 is 1.72 bits per heavy atom. The third-order valence-electron chi connectivity index (χ3n) is 7.65. The zero-order valence-electron chi connectivity index (χ0n) is 23.0. The van der Waals surface area contributed by atoms with Crippen molar-refractivity contribution in [3.8, 4) is 16.5 Å². The van der Waals surface area contributed by atoms with Crippen molar-refractivity contribution < 1.29 is 14.1 Å². The molecule has 11 heteroatoms. The first-order valence-electron chi connectivity index (χ1n) is 14.0. The van der Waals surface area contributed by atoms with Gasteiger partial charge in [0.15, 0.2) is 5.76 Å². The van der Waals surface area contributed by atoms with E-state index >= 15 is 0 Å². The fourth-order valence-corrected chi connectivity index (χ4v) is 6.58. The van der Waals surface area contributed by atoms with Crippen LogP contribution in [0.3, 0.4) is 0 Å². The van der Waals surface area contributed by atoms with Crippen LogP contribution in [-0.2, 0) is 6.54 Å². The van der Waals surface area contributed by atoms with Crippen LogP contribution in [0.1, 0.15) is 18.5 Å². The van der Waals surface area contributed by atoms with E-state index in [1.54, 1.807) is 29.7 Å². The van der Waals surface area contributed by atoms with E-state index < -0.39 is 6.09 Å². The fourth-order valence-electron chi connectivity index (χ4n) is 5.59. The molecule has 0 aliphatic carbocycles. The van der Waals surface area contributed by atoms with Crippen LogP contribution < -0.4 is 14.5 Å². The largest absolute Gasteiger partial charge is 0.421 e. The topological polar surface area (TPSA) is 89.5 Å². The maximum atomic E-state index is 14.0. The summed E-state index contributed by atoms with van der Waals surface area (Å²) in [5.41, 5.74) is 3.51. The normalized spacial score (nSPS) is 13.8. The quantitative estimate of drug-likeness (QED) is 0.185. The van der Waals surface area contributed by atoms with Crippen LogP contribution in [0.2, 0.25) is 4.34 Å². The van der Waals surface area contributed by atoms with E-state index in [1.165, 1.54) is 11.3 Å². The molecule has 1 aliphatic heterocycles. The summed E-state index contributed by atoms with van der Waals surface area (Å²) in [5, 5.41) is 5.25. The number of hydrogen-bond donors (Lipinski definition) is 0. The third kappa shape index (κ3) is 5.71. The Labute approximate surface area is 256 Å². The number of nitrogens with zero attached hydrogens (tertiary/aromatic N) is 6. The molecule has 1 aliphatic rings. The van der Waals surface area contributed by atoms with Crippen LogP contribution >= 0.6 is 22.9 Å². The number of carbonyl (C=O) groups is 1. The predicted molar refractivity (Wildman–Crippen MR) is 168 cm³/mol. The van der Waals surface area contributed by atoms with Gasteiger partial charge in [-0.25, -0.2) is 4.79 Å². The first-order valence-corrected chi connectivity index (χ1v) is 15.2. The Morgan fingerprint density at radius 3 is 2.47 bits per heavy atom. The van der Waals surface area contributed by atoms with Crippen LogP contribution in [0, 0.1) is 0 Å². The summed E-state index contributed by atoms with van der Waals surface area (Å²) in [4.78, 5) is 27.3. The van der Waals surface area contributed by atoms with Crippen LogP contribution in [0.15, 0.2) is 102 Å². The van der Waals surface area contributed by atoms with Crippen molar-refractivity contribution in [3.05, 3.63) is 108 Å². The lowest BCUT2D eigenvalue weighted by Gasteiger charge is -2.38. The highest BCUT2D eigenvalue weighted by molar-refractivity contribution is 7.19. The molecule has 1 fully saturated rings. The van der Waals surface area contributed by atoms with Gasteiger partial charge in [0.25, 0.3) is 0 Å². The molecular formula is C32H27ClN6O3S. The van der Waals surface area contributed by atoms with Gasteiger partial charge in [-0.1, -0.05) is 35.0 Å². The lowest BCUT2D eigenvalue weighted by molar-refractivity contribution is 0.199. The standard InChI is InChI=1S/C32H27ClN6O3S/c33-30-6-5-29(43-30)28-20-23(36-42-28)21-38-27-4-2-1-3-22(27)19-31(38)41-32(40)39(25-9-15-35-16-10-25)26-11-17-37(18-12-26)24-7-13-34-14-8-24/h1-10,13-16,19-20,26H,11-12,17-18,21H2. The van der Waals surface area contributed by atoms with Crippen molar-refractivity contribution in [2.45, 2.75) is 25.4 Å². The van der Waals surface area contributed by atoms with Gasteiger partial charge < -0.3 is 18.7 Å². The van der Waals surface area contributed by atoms with Crippen molar-refractivity contribution in [3.63, 3.8) is 0 Å². The number of fused-ring (bicyclic) bond motifs is 1. The van der Waals surface area contributed by atoms with Crippen LogP contribution in [0.4, 0.5) is 16.2 Å². The van der Waals surface area contributed by atoms with Crippen molar-refractivity contribution in [1.29, 1.82) is 0 Å². The first-order chi connectivity index (χ1) is 21.1. The number of rotatable bonds is 7. The highest BCUT2D eigenvalue weighted by atomic mass is 35.5. The molecular weight excluding hydrogens is 584 g/mol. The van der Waals surface area contributed by atoms with E-state index in [9.17, 15) is 4.79 Å². The van der Waals surface area contributed by atoms with Gasteiger partial charge in [-0.15, -0.1) is 11.3 Å². The molecule has 0 atom stereocenters. The average molecular weight is 611 g/mol. The Bertz CT molecular complexity index is 1850. The first kappa shape index (κ1) is 27.2. The number of benzene rings is 1. The molecule has 0 bridgehead atoms. The zero-order chi connectivity index (χ0) is 29.2. The number of thiophene rings is 1. The highest BCUT2D eigenvalue weighted by Gasteiger charge is 2.31. The SMILES string of the molecule is O=C(Oc1cc2ccccc2n1Cc1cc(-c2ccc(Cl)s2)on1)N(c1ccncc1)C1CCN(c2ccncc2)CC1. The monoisotopic (exact) mass is 610 g/mol. The second-order valence-corrected chi connectivity index (χ2v) is 12.0. The molecule has 7 rings (SSSR count). The molecule has 216 valence electrons. The second kappa shape index (κ2) is 11.9. The average Bonchev–Trinajstić information content (AvgIpc) is 3.78. The Kier molecular flexibility index (Phi) is 7.53. The number of amides is 1. The maximum Gasteiger partial charge on any atom is 0.421 e. The summed E-state index contributed by atoms with van der Waals surface area (Å²) >= 11 is 7.55. The number of anilines is 2. The predicted octanol–water partition coefficient (Wildman–Crippen LogP) is 7.52. The van der Waals surface area contributed by atoms with E-state index in [-0.39, 0.29) is 6.04 Å². The molecule has 6 aromatic rings. The van der Waals surface area contributed by atoms with E-state index in [4.69, 9.17) is 20.9 Å². The molecule has 1 saturated heterocycles. The molecule has 43 heavy (non-hydrogen) atoms. The number of halogens is 1. The number of para-hydroxylation sites is 1. The number of hydrogen-bond acceptors (Lipinski definition) is 8. The minimum absolute atomic E-state index is 0.0402. The molecule has 0 N–H and O–H groups in total. The van der Waals surface area contributed by atoms with Crippen molar-refractivity contribution >= 4 is 51.3 Å². The Morgan fingerprint density at radius 1 is 0.977 bits per heavy atom. The second-order valence-electron chi connectivity index (χ2n) is 10.3. The van der Waals surface area contributed by atoms with Gasteiger partial charge >= 0.3 is 6.09 Å². The molecule has 0 saturated carbocycles. The number of piperidine rings is 1. The summed E-state index contributed by atoms with van der Waals surface area (Å²) in [5.74, 6) is 1.08. The third-order valence-corrected chi connectivity index (χ3v) is 8.90. The zero-order valence-corrected chi connectivity index (χ0v) is 24.6. The summed E-state index contributed by atoms with van der Waals surface area (Å²) in [6.45, 7) is 1.99. The van der Waals surface area contributed by atoms with Gasteiger partial charge in [0.1, 0.15) is 5.69 Å². The lowest BCUT2D eigenvalue weighted by Crippen LogP contribution is -2.49. The smallest absolute Gasteiger partial charge is 0.393 e. The molecule has 0 spiro atoms. The highest BCUT2D eigenvalue weighted by Crippen LogP contribution is 2.33. The van der Waals surface area contributed by atoms with Gasteiger partial charge in [0.05, 0.1) is 27.0 Å². The summed E-state index contributed by atoms with van der Waals surface area (Å²) in [6.07, 6.45) is 8.14. The van der Waals surface area contributed by atoms with Gasteiger partial charge in [0.2, 0.25) is 5.88 Å². The fraction of sp³-hybridized carbons (Fsp3) is 0.188. The van der Waals surface area contributed by atoms with Crippen LogP contribution in [0.5, 0.6) is 5.88 Å². The van der Waals surface area contributed by atoms with Gasteiger partial charge in [-0.05, 0) is 55.3 Å². The minimum atomic E-state index is -0.438. The molecule has 1 amide bonds. The minimum Gasteiger partial charge on any atom is -0.393 e. The van der Waals surface area contributed by atoms with Gasteiger partial charge in [-0.2, -0.15) is 0 Å². The molecule has 0 unspecified atom stereocenters. The molecule has 9 nitrogen and oxygen atoms in total. The Balaban J connectivity index is 1.16. The molecule has 1 aromatic carbocycles. The number of ether oxygens (including phenoxy) is 1. The summed E-state index contributed by atoms with van der Waals surface area (Å²) in [7, 11) is 0. The number of pyridine rings is 2. The summed E-state index contributed by atoms with van der Waals surface area (Å²) in [6, 6.07) is 23.1. The van der Waals surface area contributed by atoms with Crippen LogP contribution in [0.25, 0.3) is 21.5 Å². The molecule has 0 radical (unpaired) electrons.